The quantitative estimate of drug-likeness (QED) is 0.361. The number of fused-ring (bicyclic) bond motifs is 1. The van der Waals surface area contributed by atoms with Crippen LogP contribution >= 0.6 is 24.0 Å². The Morgan fingerprint density at radius 3 is 2.65 bits per heavy atom. The van der Waals surface area contributed by atoms with Crippen LogP contribution in [0.4, 0.5) is 5.69 Å². The van der Waals surface area contributed by atoms with E-state index in [1.807, 2.05) is 4.90 Å². The molecule has 3 aliphatic heterocycles. The van der Waals surface area contributed by atoms with Crippen LogP contribution in [-0.2, 0) is 22.5 Å². The number of benzene rings is 1. The van der Waals surface area contributed by atoms with Crippen molar-refractivity contribution >= 4 is 41.5 Å². The highest BCUT2D eigenvalue weighted by molar-refractivity contribution is 14.0. The van der Waals surface area contributed by atoms with Crippen LogP contribution in [0.15, 0.2) is 23.2 Å². The van der Waals surface area contributed by atoms with Crippen molar-refractivity contribution < 1.29 is 9.53 Å². The van der Waals surface area contributed by atoms with E-state index in [4.69, 9.17) is 9.73 Å². The van der Waals surface area contributed by atoms with Crippen molar-refractivity contribution in [3.05, 3.63) is 29.3 Å². The van der Waals surface area contributed by atoms with Gasteiger partial charge in [0.05, 0.1) is 6.54 Å². The van der Waals surface area contributed by atoms with E-state index in [0.29, 0.717) is 13.2 Å². The van der Waals surface area contributed by atoms with Crippen molar-refractivity contribution in [2.75, 3.05) is 57.8 Å². The highest BCUT2D eigenvalue weighted by atomic mass is 127. The summed E-state index contributed by atoms with van der Waals surface area (Å²) < 4.78 is 5.57. The average Bonchev–Trinajstić information content (AvgIpc) is 3.31. The van der Waals surface area contributed by atoms with E-state index in [-0.39, 0.29) is 36.0 Å². The molecule has 8 heteroatoms. The lowest BCUT2D eigenvalue weighted by Crippen LogP contribution is -2.55. The second-order valence-electron chi connectivity index (χ2n) is 8.47. The zero-order valence-electron chi connectivity index (χ0n) is 18.8. The fourth-order valence-electron chi connectivity index (χ4n) is 4.64. The minimum Gasteiger partial charge on any atom is -0.374 e. The molecule has 1 amide bonds. The van der Waals surface area contributed by atoms with Crippen molar-refractivity contribution in [2.45, 2.75) is 45.3 Å². The van der Waals surface area contributed by atoms with E-state index >= 15 is 0 Å². The molecule has 0 spiro atoms. The van der Waals surface area contributed by atoms with Crippen LogP contribution < -0.4 is 10.2 Å². The van der Waals surface area contributed by atoms with Gasteiger partial charge in [-0.1, -0.05) is 12.1 Å². The molecule has 3 aliphatic rings. The summed E-state index contributed by atoms with van der Waals surface area (Å²) in [5.74, 6) is 1.10. The number of hydrogen-bond acceptors (Lipinski definition) is 4. The van der Waals surface area contributed by atoms with Gasteiger partial charge in [0.25, 0.3) is 5.91 Å². The lowest BCUT2D eigenvalue weighted by Gasteiger charge is -2.37. The molecule has 4 rings (SSSR count). The number of nitrogens with zero attached hydrogens (tertiary/aromatic N) is 4. The molecule has 2 saturated heterocycles. The molecule has 31 heavy (non-hydrogen) atoms. The number of anilines is 1. The monoisotopic (exact) mass is 541 g/mol. The molecule has 1 atom stereocenters. The maximum atomic E-state index is 12.6. The summed E-state index contributed by atoms with van der Waals surface area (Å²) in [6.45, 7) is 8.53. The first kappa shape index (κ1) is 24.1. The molecule has 0 bridgehead atoms. The molecule has 1 N–H and O–H groups in total. The van der Waals surface area contributed by atoms with E-state index < -0.39 is 0 Å². The summed E-state index contributed by atoms with van der Waals surface area (Å²) in [6, 6.07) is 6.75. The van der Waals surface area contributed by atoms with Crippen LogP contribution in [0.2, 0.25) is 0 Å². The Kier molecular flexibility index (Phi) is 8.83. The fourth-order valence-corrected chi connectivity index (χ4v) is 4.64. The van der Waals surface area contributed by atoms with E-state index in [0.717, 1.165) is 64.5 Å². The molecule has 0 radical (unpaired) electrons. The molecule has 0 aromatic heterocycles. The largest absolute Gasteiger partial charge is 0.374 e. The van der Waals surface area contributed by atoms with Crippen LogP contribution in [0.25, 0.3) is 0 Å². The molecule has 0 saturated carbocycles. The maximum Gasteiger partial charge on any atom is 0.251 e. The SMILES string of the molecule is CCNC(=NCc1ccc2c(c1)CCCN2C)N1CCN(C(=O)C2CCCO2)CC1.I. The second kappa shape index (κ2) is 11.4. The minimum absolute atomic E-state index is 0. The van der Waals surface area contributed by atoms with E-state index in [1.54, 1.807) is 0 Å². The third-order valence-electron chi connectivity index (χ3n) is 6.34. The summed E-state index contributed by atoms with van der Waals surface area (Å²) in [7, 11) is 2.17. The zero-order chi connectivity index (χ0) is 20.9. The first-order chi connectivity index (χ1) is 14.7. The van der Waals surface area contributed by atoms with E-state index in [9.17, 15) is 4.79 Å². The van der Waals surface area contributed by atoms with Crippen molar-refractivity contribution in [3.8, 4) is 0 Å². The van der Waals surface area contributed by atoms with Crippen molar-refractivity contribution in [2.24, 2.45) is 4.99 Å². The normalized spacial score (nSPS) is 21.5. The van der Waals surface area contributed by atoms with Gasteiger partial charge in [0, 0.05) is 58.6 Å². The van der Waals surface area contributed by atoms with Crippen LogP contribution in [0.3, 0.4) is 0 Å². The summed E-state index contributed by atoms with van der Waals surface area (Å²) in [5, 5.41) is 3.43. The Labute approximate surface area is 203 Å². The fraction of sp³-hybridized carbons (Fsp3) is 0.652. The maximum absolute atomic E-state index is 12.6. The molecule has 2 fully saturated rings. The Morgan fingerprint density at radius 1 is 1.16 bits per heavy atom. The van der Waals surface area contributed by atoms with Gasteiger partial charge in [-0.3, -0.25) is 4.79 Å². The van der Waals surface area contributed by atoms with Gasteiger partial charge in [-0.2, -0.15) is 0 Å². The number of nitrogens with one attached hydrogen (secondary N) is 1. The summed E-state index contributed by atoms with van der Waals surface area (Å²) in [6.07, 6.45) is 4.00. The number of hydrogen-bond donors (Lipinski definition) is 1. The highest BCUT2D eigenvalue weighted by Crippen LogP contribution is 2.27. The number of guanidine groups is 1. The van der Waals surface area contributed by atoms with Gasteiger partial charge in [0.15, 0.2) is 5.96 Å². The third-order valence-corrected chi connectivity index (χ3v) is 6.34. The van der Waals surface area contributed by atoms with Gasteiger partial charge in [-0.25, -0.2) is 4.99 Å². The molecule has 1 unspecified atom stereocenters. The summed E-state index contributed by atoms with van der Waals surface area (Å²) >= 11 is 0. The predicted octanol–water partition coefficient (Wildman–Crippen LogP) is 2.48. The number of aliphatic imine (C=N–C) groups is 1. The van der Waals surface area contributed by atoms with Gasteiger partial charge in [0.1, 0.15) is 6.10 Å². The Bertz CT molecular complexity index is 773. The first-order valence-electron chi connectivity index (χ1n) is 11.4. The topological polar surface area (TPSA) is 60.4 Å². The van der Waals surface area contributed by atoms with E-state index in [2.05, 4.69) is 47.3 Å². The predicted molar refractivity (Wildman–Crippen MR) is 135 cm³/mol. The highest BCUT2D eigenvalue weighted by Gasteiger charge is 2.30. The van der Waals surface area contributed by atoms with Gasteiger partial charge >= 0.3 is 0 Å². The number of amides is 1. The third kappa shape index (κ3) is 5.83. The minimum atomic E-state index is -0.221. The van der Waals surface area contributed by atoms with Gasteiger partial charge in [0.2, 0.25) is 0 Å². The molecule has 7 nitrogen and oxygen atoms in total. The van der Waals surface area contributed by atoms with Gasteiger partial charge in [-0.05, 0) is 49.8 Å². The van der Waals surface area contributed by atoms with Crippen molar-refractivity contribution in [1.82, 2.24) is 15.1 Å². The zero-order valence-corrected chi connectivity index (χ0v) is 21.1. The first-order valence-corrected chi connectivity index (χ1v) is 11.4. The molecular weight excluding hydrogens is 505 g/mol. The molecule has 1 aromatic rings. The lowest BCUT2D eigenvalue weighted by atomic mass is 10.00. The number of carbonyl (C=O) groups excluding carboxylic acids is 1. The standard InChI is InChI=1S/C23H35N5O2.HI/c1-3-24-23(25-17-18-8-9-20-19(16-18)6-4-10-26(20)2)28-13-11-27(12-14-28)22(29)21-7-5-15-30-21;/h8-9,16,21H,3-7,10-15,17H2,1-2H3,(H,24,25);1H. The number of carbonyl (C=O) groups is 1. The number of rotatable bonds is 4. The van der Waals surface area contributed by atoms with Crippen LogP contribution in [0.5, 0.6) is 0 Å². The van der Waals surface area contributed by atoms with E-state index in [1.165, 1.54) is 23.2 Å². The van der Waals surface area contributed by atoms with Crippen LogP contribution in [0, 0.1) is 0 Å². The summed E-state index contributed by atoms with van der Waals surface area (Å²) in [5.41, 5.74) is 4.04. The molecule has 172 valence electrons. The van der Waals surface area contributed by atoms with Gasteiger partial charge in [-0.15, -0.1) is 24.0 Å². The second-order valence-corrected chi connectivity index (χ2v) is 8.47. The molecule has 0 aliphatic carbocycles. The molecule has 1 aromatic carbocycles. The Morgan fingerprint density at radius 2 is 1.94 bits per heavy atom. The van der Waals surface area contributed by atoms with Crippen LogP contribution in [0.1, 0.15) is 37.3 Å². The Balaban J connectivity index is 0.00000272. The molecule has 3 heterocycles. The number of piperazine rings is 1. The van der Waals surface area contributed by atoms with Crippen molar-refractivity contribution in [3.63, 3.8) is 0 Å². The lowest BCUT2D eigenvalue weighted by molar-refractivity contribution is -0.142. The smallest absolute Gasteiger partial charge is 0.251 e. The summed E-state index contributed by atoms with van der Waals surface area (Å²) in [4.78, 5) is 24.1. The average molecular weight is 541 g/mol. The number of halogens is 1. The van der Waals surface area contributed by atoms with Crippen LogP contribution in [-0.4, -0.2) is 80.7 Å². The Hall–Kier alpha value is -1.55. The number of aryl methyl sites for hydroxylation is 1. The number of ether oxygens (including phenoxy) is 1. The molecular formula is C23H36IN5O2. The van der Waals surface area contributed by atoms with Gasteiger partial charge < -0.3 is 24.8 Å². The van der Waals surface area contributed by atoms with Crippen molar-refractivity contribution in [1.29, 1.82) is 0 Å².